The molecule has 4 unspecified atom stereocenters. The summed E-state index contributed by atoms with van der Waals surface area (Å²) in [5.74, 6) is 0.868. The van der Waals surface area contributed by atoms with Gasteiger partial charge >= 0.3 is 0 Å². The summed E-state index contributed by atoms with van der Waals surface area (Å²) in [7, 11) is 0. The molecule has 4 heteroatoms. The van der Waals surface area contributed by atoms with Crippen LogP contribution in [0.15, 0.2) is 215 Å². The van der Waals surface area contributed by atoms with Gasteiger partial charge in [0.1, 0.15) is 6.07 Å². The zero-order valence-corrected chi connectivity index (χ0v) is 38.3. The molecule has 0 radical (unpaired) electrons. The average Bonchev–Trinajstić information content (AvgIpc) is 3.38. The number of rotatable bonds is 8. The normalized spacial score (nSPS) is 22.6. The Morgan fingerprint density at radius 1 is 0.676 bits per heavy atom. The molecule has 0 spiro atoms. The third-order valence-electron chi connectivity index (χ3n) is 15.9. The minimum atomic E-state index is 0.129. The number of benzene rings is 5. The van der Waals surface area contributed by atoms with Crippen LogP contribution < -0.4 is 4.90 Å². The van der Waals surface area contributed by atoms with Gasteiger partial charge in [-0.05, 0) is 165 Å². The first-order chi connectivity index (χ1) is 33.5. The minimum Gasteiger partial charge on any atom is -0.313 e. The van der Waals surface area contributed by atoms with Gasteiger partial charge in [0, 0.05) is 34.8 Å². The van der Waals surface area contributed by atoms with Gasteiger partial charge in [0.15, 0.2) is 0 Å². The standard InChI is InChI=1S/C64H50N4/c1-40-32-49(51-17-15-43-9-3-5-11-48(43)37-51)24-29-58(40)68(59-13-7-6-12-52(59)38-65)61-31-23-46-20-27-55-60(30-22-45-21-28-56(61)64(46)63(45)55)67(62-35-41-33-53(34-41)57(62)39-66)54-25-18-44(19-26-54)50-16-14-42-8-2-4-10-47(42)36-50/h2-5,7-11,13,15,17-22,24-31,33,35-37,40,46,63-64H,6,12,14,16,23,32,34H2,1H3. The first-order valence-electron chi connectivity index (χ1n) is 24.5. The molecule has 326 valence electrons. The van der Waals surface area contributed by atoms with Crippen molar-refractivity contribution in [1.29, 1.82) is 10.5 Å². The molecule has 68 heavy (non-hydrogen) atoms. The van der Waals surface area contributed by atoms with E-state index in [1.165, 1.54) is 77.8 Å². The molecule has 0 saturated heterocycles. The van der Waals surface area contributed by atoms with Crippen LogP contribution in [-0.4, -0.2) is 4.90 Å². The summed E-state index contributed by atoms with van der Waals surface area (Å²) in [6.45, 7) is 2.35. The molecule has 4 nitrogen and oxygen atoms in total. The SMILES string of the molecule is CC1CC(c2ccc3ccccc3c2)=CC=C1N(C1=CCC2C=CC3=C(N(c4ccc(C5=Cc6ccccc6CC5)cc4)c4cc5cc(c4C#N)C5)C=CC4=CC=C1C2C43)C1=C(C#N)CCC=C1. The van der Waals surface area contributed by atoms with E-state index in [2.05, 4.69) is 205 Å². The highest BCUT2D eigenvalue weighted by Gasteiger charge is 2.46. The summed E-state index contributed by atoms with van der Waals surface area (Å²) in [5, 5.41) is 23.9. The van der Waals surface area contributed by atoms with Crippen molar-refractivity contribution in [3.63, 3.8) is 0 Å². The number of nitriles is 2. The molecule has 5 aromatic carbocycles. The molecule has 5 aromatic rings. The second-order valence-corrected chi connectivity index (χ2v) is 19.7. The van der Waals surface area contributed by atoms with Crippen LogP contribution in [0.1, 0.15) is 78.0 Å². The van der Waals surface area contributed by atoms with Crippen LogP contribution in [0.25, 0.3) is 28.0 Å². The average molecular weight is 875 g/mol. The monoisotopic (exact) mass is 874 g/mol. The Hall–Kier alpha value is -7.92. The van der Waals surface area contributed by atoms with Gasteiger partial charge in [-0.15, -0.1) is 0 Å². The highest BCUT2D eigenvalue weighted by molar-refractivity contribution is 5.88. The fraction of sp³-hybridized carbons (Fsp3) is 0.188. The first-order valence-corrected chi connectivity index (χ1v) is 24.5. The van der Waals surface area contributed by atoms with E-state index in [0.29, 0.717) is 5.92 Å². The summed E-state index contributed by atoms with van der Waals surface area (Å²) in [5.41, 5.74) is 22.4. The van der Waals surface area contributed by atoms with Gasteiger partial charge < -0.3 is 9.80 Å². The predicted molar refractivity (Wildman–Crippen MR) is 276 cm³/mol. The number of nitrogens with zero attached hydrogens (tertiary/aromatic N) is 4. The van der Waals surface area contributed by atoms with Gasteiger partial charge in [-0.25, -0.2) is 0 Å². The molecule has 0 N–H and O–H groups in total. The molecule has 0 heterocycles. The van der Waals surface area contributed by atoms with Crippen molar-refractivity contribution < 1.29 is 0 Å². The zero-order valence-electron chi connectivity index (χ0n) is 38.3. The van der Waals surface area contributed by atoms with Crippen molar-refractivity contribution in [2.45, 2.75) is 51.9 Å². The Kier molecular flexibility index (Phi) is 9.59. The number of anilines is 2. The van der Waals surface area contributed by atoms with Gasteiger partial charge in [0.05, 0.1) is 34.3 Å². The molecule has 9 aliphatic rings. The quantitative estimate of drug-likeness (QED) is 0.153. The Labute approximate surface area is 399 Å². The van der Waals surface area contributed by atoms with Crippen LogP contribution in [0.3, 0.4) is 0 Å². The number of hydrogen-bond acceptors (Lipinski definition) is 4. The molecule has 2 bridgehead atoms. The van der Waals surface area contributed by atoms with Crippen molar-refractivity contribution in [3.8, 4) is 12.1 Å². The van der Waals surface area contributed by atoms with Crippen LogP contribution in [0.2, 0.25) is 0 Å². The van der Waals surface area contributed by atoms with E-state index < -0.39 is 0 Å². The van der Waals surface area contributed by atoms with Crippen molar-refractivity contribution in [1.82, 2.24) is 4.90 Å². The van der Waals surface area contributed by atoms with E-state index in [9.17, 15) is 10.5 Å². The Morgan fingerprint density at radius 2 is 1.51 bits per heavy atom. The number of aryl methyl sites for hydroxylation is 1. The zero-order chi connectivity index (χ0) is 45.5. The Morgan fingerprint density at radius 3 is 2.37 bits per heavy atom. The molecule has 14 rings (SSSR count). The Balaban J connectivity index is 0.904. The molecule has 0 aliphatic heterocycles. The third kappa shape index (κ3) is 6.54. The topological polar surface area (TPSA) is 54.1 Å². The van der Waals surface area contributed by atoms with Crippen LogP contribution >= 0.6 is 0 Å². The lowest BCUT2D eigenvalue weighted by Crippen LogP contribution is -2.40. The first kappa shape index (κ1) is 40.4. The van der Waals surface area contributed by atoms with E-state index >= 15 is 0 Å². The summed E-state index contributed by atoms with van der Waals surface area (Å²) in [6, 6.07) is 42.9. The van der Waals surface area contributed by atoms with Crippen LogP contribution in [0, 0.1) is 46.3 Å². The van der Waals surface area contributed by atoms with Crippen LogP contribution in [0.4, 0.5) is 11.4 Å². The molecular formula is C64H50N4. The fourth-order valence-electron chi connectivity index (χ4n) is 12.4. The van der Waals surface area contributed by atoms with Crippen molar-refractivity contribution in [2.75, 3.05) is 4.90 Å². The molecule has 0 amide bonds. The molecule has 4 atom stereocenters. The van der Waals surface area contributed by atoms with Crippen LogP contribution in [-0.2, 0) is 12.8 Å². The summed E-state index contributed by atoms with van der Waals surface area (Å²) in [4.78, 5) is 4.85. The van der Waals surface area contributed by atoms with Gasteiger partial charge in [0.2, 0.25) is 0 Å². The van der Waals surface area contributed by atoms with E-state index in [4.69, 9.17) is 0 Å². The van der Waals surface area contributed by atoms with Crippen molar-refractivity contribution in [2.24, 2.45) is 23.7 Å². The van der Waals surface area contributed by atoms with E-state index in [-0.39, 0.29) is 17.8 Å². The molecular weight excluding hydrogens is 825 g/mol. The van der Waals surface area contributed by atoms with Gasteiger partial charge in [0.25, 0.3) is 0 Å². The number of allylic oxidation sites excluding steroid dienone is 18. The van der Waals surface area contributed by atoms with E-state index in [0.717, 1.165) is 84.4 Å². The second-order valence-electron chi connectivity index (χ2n) is 19.7. The highest BCUT2D eigenvalue weighted by atomic mass is 15.2. The fourth-order valence-corrected chi connectivity index (χ4v) is 12.4. The van der Waals surface area contributed by atoms with Crippen molar-refractivity contribution in [3.05, 3.63) is 254 Å². The third-order valence-corrected chi connectivity index (χ3v) is 15.9. The maximum absolute atomic E-state index is 10.8. The van der Waals surface area contributed by atoms with E-state index in [1.54, 1.807) is 0 Å². The minimum absolute atomic E-state index is 0.129. The molecule has 0 aromatic heterocycles. The maximum atomic E-state index is 10.8. The maximum Gasteiger partial charge on any atom is 0.102 e. The van der Waals surface area contributed by atoms with Gasteiger partial charge in [-0.1, -0.05) is 140 Å². The largest absolute Gasteiger partial charge is 0.313 e. The van der Waals surface area contributed by atoms with Crippen molar-refractivity contribution >= 4 is 39.4 Å². The highest BCUT2D eigenvalue weighted by Crippen LogP contribution is 2.56. The van der Waals surface area contributed by atoms with E-state index in [1.807, 2.05) is 0 Å². The summed E-state index contributed by atoms with van der Waals surface area (Å²) < 4.78 is 0. The van der Waals surface area contributed by atoms with Crippen LogP contribution in [0.5, 0.6) is 0 Å². The molecule has 9 aliphatic carbocycles. The van der Waals surface area contributed by atoms with Gasteiger partial charge in [-0.2, -0.15) is 10.5 Å². The lowest BCUT2D eigenvalue weighted by Gasteiger charge is -2.49. The lowest BCUT2D eigenvalue weighted by atomic mass is 9.60. The number of hydrogen-bond donors (Lipinski definition) is 0. The molecule has 0 saturated carbocycles. The smallest absolute Gasteiger partial charge is 0.102 e. The van der Waals surface area contributed by atoms with Gasteiger partial charge in [-0.3, -0.25) is 0 Å². The lowest BCUT2D eigenvalue weighted by molar-refractivity contribution is 0.331. The Bertz CT molecular complexity index is 3480. The second kappa shape index (κ2) is 16.2. The summed E-state index contributed by atoms with van der Waals surface area (Å²) >= 11 is 0. The molecule has 0 fully saturated rings. The summed E-state index contributed by atoms with van der Waals surface area (Å²) in [6.07, 6.45) is 34.5. The number of fused-ring (bicyclic) bond motifs is 4. The predicted octanol–water partition coefficient (Wildman–Crippen LogP) is 15.1.